The summed E-state index contributed by atoms with van der Waals surface area (Å²) in [6, 6.07) is 22.7. The Labute approximate surface area is 191 Å². The molecule has 0 N–H and O–H groups in total. The van der Waals surface area contributed by atoms with Gasteiger partial charge in [-0.2, -0.15) is 0 Å². The van der Waals surface area contributed by atoms with Crippen molar-refractivity contribution in [3.05, 3.63) is 94.4 Å². The second-order valence-electron chi connectivity index (χ2n) is 7.26. The summed E-state index contributed by atoms with van der Waals surface area (Å²) in [6.07, 6.45) is 1.72. The Kier molecular flexibility index (Phi) is 6.61. The summed E-state index contributed by atoms with van der Waals surface area (Å²) in [5.74, 6) is 0.837. The molecule has 1 fully saturated rings. The molecule has 3 aromatic carbocycles. The molecular formula is C26H23NO4S. The number of anilines is 1. The Morgan fingerprint density at radius 3 is 2.50 bits per heavy atom. The molecule has 162 valence electrons. The van der Waals surface area contributed by atoms with E-state index in [4.69, 9.17) is 9.47 Å². The van der Waals surface area contributed by atoms with E-state index >= 15 is 0 Å². The quantitative estimate of drug-likeness (QED) is 0.405. The molecule has 2 amide bonds. The molecule has 5 nitrogen and oxygen atoms in total. The molecule has 1 saturated heterocycles. The third-order valence-electron chi connectivity index (χ3n) is 4.88. The first-order chi connectivity index (χ1) is 15.5. The van der Waals surface area contributed by atoms with Gasteiger partial charge in [0.2, 0.25) is 0 Å². The molecule has 1 aliphatic rings. The zero-order valence-electron chi connectivity index (χ0n) is 17.9. The fraction of sp³-hybridized carbons (Fsp3) is 0.154. The molecular weight excluding hydrogens is 422 g/mol. The van der Waals surface area contributed by atoms with Crippen LogP contribution in [0.5, 0.6) is 11.5 Å². The maximum atomic E-state index is 13.0. The van der Waals surface area contributed by atoms with Crippen LogP contribution < -0.4 is 14.4 Å². The minimum Gasteiger partial charge on any atom is -0.492 e. The molecule has 0 spiro atoms. The number of rotatable bonds is 7. The molecule has 0 radical (unpaired) electrons. The van der Waals surface area contributed by atoms with Gasteiger partial charge in [-0.25, -0.2) is 4.90 Å². The van der Waals surface area contributed by atoms with E-state index in [1.54, 1.807) is 24.3 Å². The van der Waals surface area contributed by atoms with Crippen LogP contribution in [0.15, 0.2) is 77.7 Å². The summed E-state index contributed by atoms with van der Waals surface area (Å²) >= 11 is 0.918. The number of carbonyl (C=O) groups is 2. The fourth-order valence-electron chi connectivity index (χ4n) is 3.29. The number of amides is 2. The predicted molar refractivity (Wildman–Crippen MR) is 128 cm³/mol. The van der Waals surface area contributed by atoms with E-state index in [1.807, 2.05) is 56.3 Å². The van der Waals surface area contributed by atoms with E-state index < -0.39 is 0 Å². The highest BCUT2D eigenvalue weighted by Crippen LogP contribution is 2.39. The third-order valence-corrected chi connectivity index (χ3v) is 5.75. The summed E-state index contributed by atoms with van der Waals surface area (Å²) in [4.78, 5) is 27.2. The number of benzene rings is 3. The summed E-state index contributed by atoms with van der Waals surface area (Å²) in [5, 5.41) is -0.347. The summed E-state index contributed by atoms with van der Waals surface area (Å²) in [6.45, 7) is 4.80. The van der Waals surface area contributed by atoms with Crippen molar-refractivity contribution in [1.82, 2.24) is 0 Å². The number of hydrogen-bond donors (Lipinski definition) is 0. The number of thioether (sulfide) groups is 1. The molecule has 6 heteroatoms. The van der Waals surface area contributed by atoms with Crippen LogP contribution in [0.3, 0.4) is 0 Å². The van der Waals surface area contributed by atoms with Gasteiger partial charge < -0.3 is 9.47 Å². The fourth-order valence-corrected chi connectivity index (χ4v) is 4.13. The molecule has 0 unspecified atom stereocenters. The summed E-state index contributed by atoms with van der Waals surface area (Å²) in [5.41, 5.74) is 3.52. The standard InChI is InChI=1S/C26H23NO4S/c1-3-30-23-10-5-4-9-22(23)27-25(28)24(32-26(27)29)16-20-7-6-8-21(15-20)31-17-19-13-11-18(2)12-14-19/h4-16H,3,17H2,1-2H3/b24-16-. The van der Waals surface area contributed by atoms with Crippen molar-refractivity contribution < 1.29 is 19.1 Å². The van der Waals surface area contributed by atoms with Crippen LogP contribution in [0.25, 0.3) is 6.08 Å². The number of ether oxygens (including phenoxy) is 2. The molecule has 0 atom stereocenters. The molecule has 0 saturated carbocycles. The van der Waals surface area contributed by atoms with Gasteiger partial charge in [-0.05, 0) is 67.1 Å². The average molecular weight is 446 g/mol. The topological polar surface area (TPSA) is 55.8 Å². The van der Waals surface area contributed by atoms with Crippen molar-refractivity contribution in [2.75, 3.05) is 11.5 Å². The van der Waals surface area contributed by atoms with Crippen molar-refractivity contribution >= 4 is 34.7 Å². The molecule has 0 aromatic heterocycles. The van der Waals surface area contributed by atoms with Crippen LogP contribution >= 0.6 is 11.8 Å². The largest absolute Gasteiger partial charge is 0.492 e. The maximum absolute atomic E-state index is 13.0. The number of imide groups is 1. The minimum atomic E-state index is -0.363. The van der Waals surface area contributed by atoms with Gasteiger partial charge in [0.15, 0.2) is 0 Å². The van der Waals surface area contributed by atoms with Crippen molar-refractivity contribution in [1.29, 1.82) is 0 Å². The number of nitrogens with zero attached hydrogens (tertiary/aromatic N) is 1. The van der Waals surface area contributed by atoms with Crippen LogP contribution in [0.4, 0.5) is 10.5 Å². The predicted octanol–water partition coefficient (Wildman–Crippen LogP) is 6.21. The van der Waals surface area contributed by atoms with Gasteiger partial charge in [-0.15, -0.1) is 0 Å². The van der Waals surface area contributed by atoms with Gasteiger partial charge in [-0.3, -0.25) is 9.59 Å². The highest BCUT2D eigenvalue weighted by Gasteiger charge is 2.37. The highest BCUT2D eigenvalue weighted by molar-refractivity contribution is 8.19. The lowest BCUT2D eigenvalue weighted by molar-refractivity contribution is -0.113. The van der Waals surface area contributed by atoms with Gasteiger partial charge >= 0.3 is 0 Å². The number of hydrogen-bond acceptors (Lipinski definition) is 5. The Bertz CT molecular complexity index is 1170. The first kappa shape index (κ1) is 21.7. The number of aryl methyl sites for hydroxylation is 1. The summed E-state index contributed by atoms with van der Waals surface area (Å²) < 4.78 is 11.5. The molecule has 1 heterocycles. The zero-order valence-corrected chi connectivity index (χ0v) is 18.7. The second-order valence-corrected chi connectivity index (χ2v) is 8.26. The Hall–Kier alpha value is -3.51. The normalized spacial score (nSPS) is 14.8. The van der Waals surface area contributed by atoms with Crippen LogP contribution in [0, 0.1) is 6.92 Å². The molecule has 0 bridgehead atoms. The van der Waals surface area contributed by atoms with Gasteiger partial charge in [0.25, 0.3) is 11.1 Å². The number of para-hydroxylation sites is 2. The van der Waals surface area contributed by atoms with Gasteiger partial charge in [0.05, 0.1) is 17.2 Å². The number of carbonyl (C=O) groups excluding carboxylic acids is 2. The first-order valence-electron chi connectivity index (χ1n) is 10.3. The smallest absolute Gasteiger partial charge is 0.298 e. The van der Waals surface area contributed by atoms with E-state index in [2.05, 4.69) is 12.1 Å². The molecule has 32 heavy (non-hydrogen) atoms. The Morgan fingerprint density at radius 2 is 1.72 bits per heavy atom. The van der Waals surface area contributed by atoms with Crippen molar-refractivity contribution in [2.45, 2.75) is 20.5 Å². The Balaban J connectivity index is 1.52. The van der Waals surface area contributed by atoms with Crippen molar-refractivity contribution in [2.24, 2.45) is 0 Å². The van der Waals surface area contributed by atoms with E-state index in [0.29, 0.717) is 35.3 Å². The lowest BCUT2D eigenvalue weighted by Gasteiger charge is -2.16. The van der Waals surface area contributed by atoms with Gasteiger partial charge in [0.1, 0.15) is 18.1 Å². The van der Waals surface area contributed by atoms with Crippen molar-refractivity contribution in [3.63, 3.8) is 0 Å². The van der Waals surface area contributed by atoms with E-state index in [-0.39, 0.29) is 11.1 Å². The average Bonchev–Trinajstić information content (AvgIpc) is 3.07. The lowest BCUT2D eigenvalue weighted by atomic mass is 10.1. The zero-order chi connectivity index (χ0) is 22.5. The first-order valence-corrected chi connectivity index (χ1v) is 11.1. The Morgan fingerprint density at radius 1 is 0.938 bits per heavy atom. The van der Waals surface area contributed by atoms with Gasteiger partial charge in [0, 0.05) is 0 Å². The SMILES string of the molecule is CCOc1ccccc1N1C(=O)S/C(=C\c2cccc(OCc3ccc(C)cc3)c2)C1=O. The molecule has 1 aliphatic heterocycles. The van der Waals surface area contributed by atoms with E-state index in [1.165, 1.54) is 10.5 Å². The molecule has 0 aliphatic carbocycles. The van der Waals surface area contributed by atoms with Crippen molar-refractivity contribution in [3.8, 4) is 11.5 Å². The molecule has 3 aromatic rings. The van der Waals surface area contributed by atoms with Gasteiger partial charge in [-0.1, -0.05) is 54.1 Å². The van der Waals surface area contributed by atoms with E-state index in [0.717, 1.165) is 22.9 Å². The highest BCUT2D eigenvalue weighted by atomic mass is 32.2. The monoisotopic (exact) mass is 445 g/mol. The minimum absolute atomic E-state index is 0.347. The second kappa shape index (κ2) is 9.75. The van der Waals surface area contributed by atoms with Crippen LogP contribution in [0.1, 0.15) is 23.6 Å². The summed E-state index contributed by atoms with van der Waals surface area (Å²) in [7, 11) is 0. The lowest BCUT2D eigenvalue weighted by Crippen LogP contribution is -2.28. The van der Waals surface area contributed by atoms with E-state index in [9.17, 15) is 9.59 Å². The van der Waals surface area contributed by atoms with Crippen LogP contribution in [-0.2, 0) is 11.4 Å². The van der Waals surface area contributed by atoms with Crippen LogP contribution in [-0.4, -0.2) is 17.8 Å². The molecule has 4 rings (SSSR count). The van der Waals surface area contributed by atoms with Crippen LogP contribution in [0.2, 0.25) is 0 Å². The third kappa shape index (κ3) is 4.86. The maximum Gasteiger partial charge on any atom is 0.298 e.